The summed E-state index contributed by atoms with van der Waals surface area (Å²) in [5.74, 6) is 1.10. The highest BCUT2D eigenvalue weighted by atomic mass is 16.5. The van der Waals surface area contributed by atoms with E-state index in [0.29, 0.717) is 0 Å². The van der Waals surface area contributed by atoms with Gasteiger partial charge in [-0.3, -0.25) is 0 Å². The van der Waals surface area contributed by atoms with Gasteiger partial charge in [0, 0.05) is 11.6 Å². The van der Waals surface area contributed by atoms with E-state index in [4.69, 9.17) is 4.74 Å². The summed E-state index contributed by atoms with van der Waals surface area (Å²) in [6.07, 6.45) is 7.51. The molecule has 1 spiro atoms. The van der Waals surface area contributed by atoms with E-state index < -0.39 is 5.60 Å². The number of aliphatic hydroxyl groups is 1. The lowest BCUT2D eigenvalue weighted by Crippen LogP contribution is -2.74. The van der Waals surface area contributed by atoms with Gasteiger partial charge in [0.05, 0.1) is 11.0 Å². The van der Waals surface area contributed by atoms with Gasteiger partial charge in [-0.1, -0.05) is 13.3 Å². The molecule has 0 amide bonds. The van der Waals surface area contributed by atoms with Crippen molar-refractivity contribution in [1.82, 2.24) is 5.32 Å². The summed E-state index contributed by atoms with van der Waals surface area (Å²) in [5, 5.41) is 15.4. The second-order valence-electron chi connectivity index (χ2n) is 8.12. The van der Waals surface area contributed by atoms with Gasteiger partial charge < -0.3 is 15.2 Å². The molecular weight excluding hydrogens is 286 g/mol. The van der Waals surface area contributed by atoms with E-state index in [1.165, 1.54) is 28.7 Å². The number of benzene rings is 1. The summed E-state index contributed by atoms with van der Waals surface area (Å²) in [6.45, 7) is 5.53. The standard InChI is InChI=1S/C20H27NO2/c1-3-5-13-10-15-18-14(12(13)2)11-16-20(22)7-4-6-17(23-15)19(18,20)8-9-21-16/h10,16-17,21-22H,3-9,11H2,1-2H3/t16-,17+,19-,20-/m1/s1. The van der Waals surface area contributed by atoms with Crippen molar-refractivity contribution in [2.75, 3.05) is 6.54 Å². The Hall–Kier alpha value is -1.06. The minimum atomic E-state index is -0.620. The molecule has 23 heavy (non-hydrogen) atoms. The molecule has 2 N–H and O–H groups in total. The molecule has 1 saturated carbocycles. The van der Waals surface area contributed by atoms with Crippen molar-refractivity contribution in [2.45, 2.75) is 82.0 Å². The van der Waals surface area contributed by atoms with Crippen molar-refractivity contribution in [3.8, 4) is 5.75 Å². The Labute approximate surface area is 138 Å². The van der Waals surface area contributed by atoms with Crippen LogP contribution in [-0.2, 0) is 18.3 Å². The zero-order valence-electron chi connectivity index (χ0n) is 14.2. The van der Waals surface area contributed by atoms with Crippen LogP contribution in [0.4, 0.5) is 0 Å². The molecule has 2 bridgehead atoms. The Morgan fingerprint density at radius 1 is 1.39 bits per heavy atom. The number of hydrogen-bond acceptors (Lipinski definition) is 3. The fourth-order valence-electron chi connectivity index (χ4n) is 6.28. The molecule has 1 saturated heterocycles. The molecule has 4 aliphatic rings. The van der Waals surface area contributed by atoms with Crippen LogP contribution in [0.15, 0.2) is 6.07 Å². The first kappa shape index (κ1) is 14.3. The summed E-state index contributed by atoms with van der Waals surface area (Å²) in [7, 11) is 0. The van der Waals surface area contributed by atoms with Crippen LogP contribution in [-0.4, -0.2) is 29.4 Å². The molecule has 2 heterocycles. The summed E-state index contributed by atoms with van der Waals surface area (Å²) in [6, 6.07) is 2.49. The van der Waals surface area contributed by atoms with Gasteiger partial charge >= 0.3 is 0 Å². The highest BCUT2D eigenvalue weighted by molar-refractivity contribution is 5.61. The van der Waals surface area contributed by atoms with Crippen molar-refractivity contribution < 1.29 is 9.84 Å². The zero-order valence-corrected chi connectivity index (χ0v) is 14.2. The molecule has 3 heteroatoms. The highest BCUT2D eigenvalue weighted by Crippen LogP contribution is 2.63. The largest absolute Gasteiger partial charge is 0.489 e. The average molecular weight is 313 g/mol. The smallest absolute Gasteiger partial charge is 0.124 e. The van der Waals surface area contributed by atoms with Gasteiger partial charge in [-0.2, -0.15) is 0 Å². The molecule has 0 radical (unpaired) electrons. The molecule has 2 fully saturated rings. The number of piperidine rings is 1. The molecule has 2 aliphatic heterocycles. The SMILES string of the molecule is CCCc1cc2c3c(c1C)C[C@H]1NCC[C@@]34[C@H](CCC[C@@]14O)O2. The summed E-state index contributed by atoms with van der Waals surface area (Å²) < 4.78 is 6.50. The van der Waals surface area contributed by atoms with E-state index in [1.807, 2.05) is 0 Å². The quantitative estimate of drug-likeness (QED) is 0.882. The van der Waals surface area contributed by atoms with Crippen LogP contribution in [0.2, 0.25) is 0 Å². The third kappa shape index (κ3) is 1.49. The lowest BCUT2D eigenvalue weighted by molar-refractivity contribution is -0.149. The molecule has 4 atom stereocenters. The van der Waals surface area contributed by atoms with Gasteiger partial charge in [0.2, 0.25) is 0 Å². The van der Waals surface area contributed by atoms with E-state index in [2.05, 4.69) is 25.2 Å². The number of rotatable bonds is 2. The van der Waals surface area contributed by atoms with Crippen LogP contribution < -0.4 is 10.1 Å². The first-order valence-corrected chi connectivity index (χ1v) is 9.40. The van der Waals surface area contributed by atoms with E-state index in [9.17, 15) is 5.11 Å². The van der Waals surface area contributed by atoms with Crippen LogP contribution >= 0.6 is 0 Å². The Morgan fingerprint density at radius 2 is 2.26 bits per heavy atom. The Bertz CT molecular complexity index is 685. The van der Waals surface area contributed by atoms with Gasteiger partial charge in [0.25, 0.3) is 0 Å². The second-order valence-corrected chi connectivity index (χ2v) is 8.12. The van der Waals surface area contributed by atoms with Crippen molar-refractivity contribution >= 4 is 0 Å². The van der Waals surface area contributed by atoms with E-state index in [1.54, 1.807) is 0 Å². The Balaban J connectivity index is 1.80. The monoisotopic (exact) mass is 313 g/mol. The molecule has 3 nitrogen and oxygen atoms in total. The molecule has 0 aromatic heterocycles. The molecule has 124 valence electrons. The van der Waals surface area contributed by atoms with Gasteiger partial charge in [-0.05, 0) is 74.8 Å². The van der Waals surface area contributed by atoms with Crippen LogP contribution in [0.5, 0.6) is 5.75 Å². The average Bonchev–Trinajstić information content (AvgIpc) is 2.82. The molecule has 5 rings (SSSR count). The van der Waals surface area contributed by atoms with Crippen molar-refractivity contribution in [3.05, 3.63) is 28.3 Å². The second kappa shape index (κ2) is 4.52. The van der Waals surface area contributed by atoms with Gasteiger partial charge in [-0.25, -0.2) is 0 Å². The lowest BCUT2D eigenvalue weighted by Gasteiger charge is -2.60. The predicted octanol–water partition coefficient (Wildman–Crippen LogP) is 2.78. The lowest BCUT2D eigenvalue weighted by atomic mass is 9.49. The maximum atomic E-state index is 11.7. The Kier molecular flexibility index (Phi) is 2.81. The molecule has 2 aliphatic carbocycles. The van der Waals surface area contributed by atoms with Crippen molar-refractivity contribution in [3.63, 3.8) is 0 Å². The fourth-order valence-corrected chi connectivity index (χ4v) is 6.28. The normalized spacial score (nSPS) is 39.8. The third-order valence-electron chi connectivity index (χ3n) is 7.26. The number of ether oxygens (including phenoxy) is 1. The first-order valence-electron chi connectivity index (χ1n) is 9.40. The highest BCUT2D eigenvalue weighted by Gasteiger charge is 2.69. The number of aryl methyl sites for hydroxylation is 1. The van der Waals surface area contributed by atoms with Gasteiger partial charge in [-0.15, -0.1) is 0 Å². The molecular formula is C20H27NO2. The molecule has 1 aromatic rings. The molecule has 1 aromatic carbocycles. The zero-order chi connectivity index (χ0) is 15.8. The van der Waals surface area contributed by atoms with Crippen LogP contribution in [0.3, 0.4) is 0 Å². The summed E-state index contributed by atoms with van der Waals surface area (Å²) in [4.78, 5) is 0. The Morgan fingerprint density at radius 3 is 3.09 bits per heavy atom. The first-order chi connectivity index (χ1) is 11.1. The summed E-state index contributed by atoms with van der Waals surface area (Å²) in [5.41, 5.74) is 5.00. The van der Waals surface area contributed by atoms with Crippen LogP contribution in [0.25, 0.3) is 0 Å². The molecule has 0 unspecified atom stereocenters. The van der Waals surface area contributed by atoms with Crippen LogP contribution in [0.1, 0.15) is 61.3 Å². The topological polar surface area (TPSA) is 41.5 Å². The van der Waals surface area contributed by atoms with E-state index in [0.717, 1.165) is 50.8 Å². The third-order valence-corrected chi connectivity index (χ3v) is 7.26. The maximum Gasteiger partial charge on any atom is 0.124 e. The van der Waals surface area contributed by atoms with Crippen molar-refractivity contribution in [1.29, 1.82) is 0 Å². The predicted molar refractivity (Wildman–Crippen MR) is 90.2 cm³/mol. The van der Waals surface area contributed by atoms with Gasteiger partial charge in [0.1, 0.15) is 11.9 Å². The van der Waals surface area contributed by atoms with Crippen molar-refractivity contribution in [2.24, 2.45) is 0 Å². The minimum Gasteiger partial charge on any atom is -0.489 e. The van der Waals surface area contributed by atoms with Crippen LogP contribution in [0, 0.1) is 6.92 Å². The van der Waals surface area contributed by atoms with E-state index in [-0.39, 0.29) is 17.6 Å². The minimum absolute atomic E-state index is 0.153. The number of nitrogens with one attached hydrogen (secondary N) is 1. The fraction of sp³-hybridized carbons (Fsp3) is 0.700. The summed E-state index contributed by atoms with van der Waals surface area (Å²) >= 11 is 0. The van der Waals surface area contributed by atoms with E-state index >= 15 is 0 Å². The number of hydrogen-bond donors (Lipinski definition) is 2. The maximum absolute atomic E-state index is 11.7. The van der Waals surface area contributed by atoms with Gasteiger partial charge in [0.15, 0.2) is 0 Å².